The maximum Gasteiger partial charge on any atom is 0.145 e. The molecule has 1 aromatic carbocycles. The second-order valence-electron chi connectivity index (χ2n) is 4.38. The Labute approximate surface area is 105 Å². The third kappa shape index (κ3) is 1.51. The monoisotopic (exact) mass is 245 g/mol. The van der Waals surface area contributed by atoms with Gasteiger partial charge in [0, 0.05) is 23.6 Å². The third-order valence-electron chi connectivity index (χ3n) is 3.21. The molecular formula is C13H15N3O2. The standard InChI is InChI=1S/C13H15N3O2/c1-7-5-10-8(3-4-18-10)12(13(7)17-2)9-6-11(14)16-15-9/h5-6H,3-4H2,1-2H3,(H3,14,15,16). The number of benzene rings is 1. The van der Waals surface area contributed by atoms with Crippen LogP contribution in [0.3, 0.4) is 0 Å². The smallest absolute Gasteiger partial charge is 0.145 e. The molecule has 1 aromatic heterocycles. The number of fused-ring (bicyclic) bond motifs is 1. The maximum atomic E-state index is 5.68. The van der Waals surface area contributed by atoms with E-state index in [2.05, 4.69) is 10.2 Å². The molecule has 0 saturated heterocycles. The highest BCUT2D eigenvalue weighted by Gasteiger charge is 2.24. The summed E-state index contributed by atoms with van der Waals surface area (Å²) in [5, 5.41) is 6.92. The summed E-state index contributed by atoms with van der Waals surface area (Å²) in [5.41, 5.74) is 9.75. The summed E-state index contributed by atoms with van der Waals surface area (Å²) >= 11 is 0. The highest BCUT2D eigenvalue weighted by molar-refractivity contribution is 5.77. The average molecular weight is 245 g/mol. The molecule has 1 aliphatic heterocycles. The van der Waals surface area contributed by atoms with Gasteiger partial charge < -0.3 is 15.2 Å². The first-order chi connectivity index (χ1) is 8.70. The van der Waals surface area contributed by atoms with Crippen LogP contribution in [0.15, 0.2) is 12.1 Å². The third-order valence-corrected chi connectivity index (χ3v) is 3.21. The quantitative estimate of drug-likeness (QED) is 0.847. The molecular weight excluding hydrogens is 230 g/mol. The van der Waals surface area contributed by atoms with Crippen LogP contribution in [0.2, 0.25) is 0 Å². The fraction of sp³-hybridized carbons (Fsp3) is 0.308. The van der Waals surface area contributed by atoms with Crippen molar-refractivity contribution in [1.29, 1.82) is 0 Å². The van der Waals surface area contributed by atoms with Crippen molar-refractivity contribution >= 4 is 5.82 Å². The van der Waals surface area contributed by atoms with Crippen LogP contribution in [0.5, 0.6) is 11.5 Å². The average Bonchev–Trinajstić information content (AvgIpc) is 2.95. The lowest BCUT2D eigenvalue weighted by Crippen LogP contribution is -1.96. The van der Waals surface area contributed by atoms with Gasteiger partial charge in [-0.15, -0.1) is 0 Å². The zero-order valence-electron chi connectivity index (χ0n) is 10.4. The number of rotatable bonds is 2. The Kier molecular flexibility index (Phi) is 2.40. The number of ether oxygens (including phenoxy) is 2. The van der Waals surface area contributed by atoms with E-state index in [1.165, 1.54) is 0 Å². The molecule has 0 spiro atoms. The molecule has 2 aromatic rings. The first-order valence-electron chi connectivity index (χ1n) is 5.85. The molecule has 0 unspecified atom stereocenters. The van der Waals surface area contributed by atoms with E-state index in [4.69, 9.17) is 15.2 Å². The van der Waals surface area contributed by atoms with Crippen molar-refractivity contribution in [2.24, 2.45) is 0 Å². The topological polar surface area (TPSA) is 73.2 Å². The van der Waals surface area contributed by atoms with Gasteiger partial charge in [0.25, 0.3) is 0 Å². The van der Waals surface area contributed by atoms with E-state index in [9.17, 15) is 0 Å². The fourth-order valence-corrected chi connectivity index (χ4v) is 2.46. The molecule has 94 valence electrons. The Morgan fingerprint density at radius 1 is 1.44 bits per heavy atom. The van der Waals surface area contributed by atoms with Crippen LogP contribution in [-0.4, -0.2) is 23.9 Å². The summed E-state index contributed by atoms with van der Waals surface area (Å²) in [5.74, 6) is 2.25. The number of nitrogen functional groups attached to an aromatic ring is 1. The minimum absolute atomic E-state index is 0.473. The van der Waals surface area contributed by atoms with Gasteiger partial charge in [-0.25, -0.2) is 0 Å². The minimum Gasteiger partial charge on any atom is -0.496 e. The number of aromatic nitrogens is 2. The summed E-state index contributed by atoms with van der Waals surface area (Å²) in [4.78, 5) is 0. The van der Waals surface area contributed by atoms with Gasteiger partial charge in [-0.05, 0) is 18.6 Å². The van der Waals surface area contributed by atoms with Gasteiger partial charge in [-0.2, -0.15) is 5.10 Å². The zero-order chi connectivity index (χ0) is 12.7. The number of nitrogens with zero attached hydrogens (tertiary/aromatic N) is 1. The van der Waals surface area contributed by atoms with Crippen LogP contribution in [-0.2, 0) is 6.42 Å². The lowest BCUT2D eigenvalue weighted by atomic mass is 9.98. The van der Waals surface area contributed by atoms with Gasteiger partial charge in [0.05, 0.1) is 19.4 Å². The SMILES string of the molecule is COc1c(C)cc2c(c1-c1cc(N)n[nH]1)CCO2. The Morgan fingerprint density at radius 2 is 2.28 bits per heavy atom. The minimum atomic E-state index is 0.473. The Morgan fingerprint density at radius 3 is 2.94 bits per heavy atom. The Bertz CT molecular complexity index is 601. The number of aromatic amines is 1. The van der Waals surface area contributed by atoms with Crippen LogP contribution in [0.1, 0.15) is 11.1 Å². The van der Waals surface area contributed by atoms with Crippen molar-refractivity contribution in [3.63, 3.8) is 0 Å². The van der Waals surface area contributed by atoms with E-state index in [0.29, 0.717) is 12.4 Å². The number of aryl methyl sites for hydroxylation is 1. The van der Waals surface area contributed by atoms with E-state index in [0.717, 1.165) is 40.3 Å². The first-order valence-corrected chi connectivity index (χ1v) is 5.85. The van der Waals surface area contributed by atoms with Crippen LogP contribution < -0.4 is 15.2 Å². The molecule has 0 atom stereocenters. The lowest BCUT2D eigenvalue weighted by Gasteiger charge is -2.14. The molecule has 3 N–H and O–H groups in total. The van der Waals surface area contributed by atoms with Gasteiger partial charge in [0.2, 0.25) is 0 Å². The molecule has 18 heavy (non-hydrogen) atoms. The van der Waals surface area contributed by atoms with E-state index in [1.54, 1.807) is 7.11 Å². The zero-order valence-corrected chi connectivity index (χ0v) is 10.4. The van der Waals surface area contributed by atoms with Crippen molar-refractivity contribution in [1.82, 2.24) is 10.2 Å². The molecule has 0 bridgehead atoms. The molecule has 0 saturated carbocycles. The van der Waals surface area contributed by atoms with Gasteiger partial charge in [0.15, 0.2) is 0 Å². The van der Waals surface area contributed by atoms with Crippen LogP contribution in [0, 0.1) is 6.92 Å². The normalized spacial score (nSPS) is 13.2. The molecule has 0 aliphatic carbocycles. The molecule has 0 amide bonds. The highest BCUT2D eigenvalue weighted by atomic mass is 16.5. The van der Waals surface area contributed by atoms with Gasteiger partial charge >= 0.3 is 0 Å². The predicted molar refractivity (Wildman–Crippen MR) is 68.9 cm³/mol. The lowest BCUT2D eigenvalue weighted by molar-refractivity contribution is 0.356. The van der Waals surface area contributed by atoms with E-state index >= 15 is 0 Å². The van der Waals surface area contributed by atoms with E-state index in [1.807, 2.05) is 19.1 Å². The summed E-state index contributed by atoms with van der Waals surface area (Å²) in [6.07, 6.45) is 0.875. The Balaban J connectivity index is 2.29. The molecule has 5 heteroatoms. The number of hydrogen-bond donors (Lipinski definition) is 2. The van der Waals surface area contributed by atoms with Crippen molar-refractivity contribution in [2.45, 2.75) is 13.3 Å². The van der Waals surface area contributed by atoms with Crippen molar-refractivity contribution in [2.75, 3.05) is 19.5 Å². The summed E-state index contributed by atoms with van der Waals surface area (Å²) < 4.78 is 11.1. The number of hydrogen-bond acceptors (Lipinski definition) is 4. The molecule has 0 fully saturated rings. The van der Waals surface area contributed by atoms with Crippen LogP contribution in [0.4, 0.5) is 5.82 Å². The molecule has 5 nitrogen and oxygen atoms in total. The number of H-pyrrole nitrogens is 1. The largest absolute Gasteiger partial charge is 0.496 e. The van der Waals surface area contributed by atoms with Crippen LogP contribution >= 0.6 is 0 Å². The number of nitrogens with one attached hydrogen (secondary N) is 1. The second-order valence-corrected chi connectivity index (χ2v) is 4.38. The first kappa shape index (κ1) is 11.0. The summed E-state index contributed by atoms with van der Waals surface area (Å²) in [6, 6.07) is 3.83. The Hall–Kier alpha value is -2.17. The fourth-order valence-electron chi connectivity index (χ4n) is 2.46. The second kappa shape index (κ2) is 3.94. The molecule has 0 radical (unpaired) electrons. The molecule has 3 rings (SSSR count). The molecule has 1 aliphatic rings. The van der Waals surface area contributed by atoms with Gasteiger partial charge in [0.1, 0.15) is 17.3 Å². The van der Waals surface area contributed by atoms with Gasteiger partial charge in [-0.1, -0.05) is 0 Å². The predicted octanol–water partition coefficient (Wildman–Crippen LogP) is 1.91. The van der Waals surface area contributed by atoms with Gasteiger partial charge in [-0.3, -0.25) is 5.10 Å². The van der Waals surface area contributed by atoms with E-state index < -0.39 is 0 Å². The maximum absolute atomic E-state index is 5.68. The van der Waals surface area contributed by atoms with E-state index in [-0.39, 0.29) is 0 Å². The number of methoxy groups -OCH3 is 1. The molecule has 2 heterocycles. The summed E-state index contributed by atoms with van der Waals surface area (Å²) in [7, 11) is 1.67. The summed E-state index contributed by atoms with van der Waals surface area (Å²) in [6.45, 7) is 2.71. The van der Waals surface area contributed by atoms with Crippen LogP contribution in [0.25, 0.3) is 11.3 Å². The van der Waals surface area contributed by atoms with Crippen molar-refractivity contribution in [3.8, 4) is 22.8 Å². The van der Waals surface area contributed by atoms with Crippen molar-refractivity contribution < 1.29 is 9.47 Å². The number of nitrogens with two attached hydrogens (primary N) is 1. The van der Waals surface area contributed by atoms with Crippen molar-refractivity contribution in [3.05, 3.63) is 23.3 Å². The number of anilines is 1. The highest BCUT2D eigenvalue weighted by Crippen LogP contribution is 2.43.